The topological polar surface area (TPSA) is 20.9 Å². The van der Waals surface area contributed by atoms with Crippen molar-refractivity contribution in [1.82, 2.24) is 0 Å². The lowest BCUT2D eigenvalue weighted by Gasteiger charge is -2.19. The maximum atomic E-state index is 3.58. The molecule has 0 saturated carbocycles. The van der Waals surface area contributed by atoms with Gasteiger partial charge in [0, 0.05) is 35.6 Å². The highest BCUT2D eigenvalue weighted by molar-refractivity contribution is 5.63. The Morgan fingerprint density at radius 1 is 0.256 bits per heavy atom. The number of quaternary nitrogens is 2. The molecule has 0 aromatic heterocycles. The molecule has 0 heterocycles. The van der Waals surface area contributed by atoms with E-state index in [1.807, 2.05) is 0 Å². The third-order valence-corrected chi connectivity index (χ3v) is 6.89. The quantitative estimate of drug-likeness (QED) is 0.193. The van der Waals surface area contributed by atoms with Crippen LogP contribution in [0.15, 0.2) is 170 Å². The largest absolute Gasteiger partial charge is 0.356 e. The Bertz CT molecular complexity index is 1380. The first kappa shape index (κ1) is 24.4. The van der Waals surface area contributed by atoms with Crippen LogP contribution >= 0.6 is 0 Å². The molecule has 3 nitrogen and oxygen atoms in total. The summed E-state index contributed by atoms with van der Waals surface area (Å²) in [7, 11) is 0. The van der Waals surface area contributed by atoms with Gasteiger partial charge < -0.3 is 5.32 Å². The van der Waals surface area contributed by atoms with Crippen LogP contribution < -0.4 is 15.1 Å². The van der Waals surface area contributed by atoms with E-state index in [-0.39, 0.29) is 0 Å². The summed E-state index contributed by atoms with van der Waals surface area (Å²) in [4.78, 5) is 2.47. The van der Waals surface area contributed by atoms with Gasteiger partial charge in [0.2, 0.25) is 0 Å². The molecular formula is C36H31N3+2. The third-order valence-electron chi connectivity index (χ3n) is 6.89. The molecule has 3 N–H and O–H groups in total. The Hall–Kier alpha value is -4.96. The van der Waals surface area contributed by atoms with Gasteiger partial charge in [-0.3, -0.25) is 0 Å². The van der Waals surface area contributed by atoms with Crippen molar-refractivity contribution in [2.75, 3.05) is 5.32 Å². The lowest BCUT2D eigenvalue weighted by molar-refractivity contribution is -0.681. The molecule has 6 aromatic rings. The first-order chi connectivity index (χ1) is 19.3. The van der Waals surface area contributed by atoms with Gasteiger partial charge in [0.05, 0.1) is 0 Å². The Balaban J connectivity index is 1.24. The number of anilines is 2. The molecule has 0 spiro atoms. The van der Waals surface area contributed by atoms with Crippen LogP contribution in [0.3, 0.4) is 0 Å². The lowest BCUT2D eigenvalue weighted by Crippen LogP contribution is -2.96. The average molecular weight is 506 g/mol. The summed E-state index contributed by atoms with van der Waals surface area (Å²) in [5.41, 5.74) is 9.35. The molecule has 0 unspecified atom stereocenters. The van der Waals surface area contributed by atoms with Gasteiger partial charge >= 0.3 is 0 Å². The Labute approximate surface area is 230 Å². The minimum Gasteiger partial charge on any atom is -0.356 e. The summed E-state index contributed by atoms with van der Waals surface area (Å²) < 4.78 is 0. The van der Waals surface area contributed by atoms with Crippen LogP contribution in [-0.4, -0.2) is 0 Å². The van der Waals surface area contributed by atoms with Gasteiger partial charge in [-0.1, -0.05) is 72.8 Å². The molecule has 0 amide bonds. The zero-order chi connectivity index (χ0) is 26.3. The van der Waals surface area contributed by atoms with Crippen LogP contribution in [0.1, 0.15) is 0 Å². The van der Waals surface area contributed by atoms with Crippen molar-refractivity contribution in [3.63, 3.8) is 0 Å². The van der Waals surface area contributed by atoms with Crippen molar-refractivity contribution in [2.24, 2.45) is 0 Å². The molecule has 6 rings (SSSR count). The lowest BCUT2D eigenvalue weighted by atomic mass is 10.1. The highest BCUT2D eigenvalue weighted by Gasteiger charge is 2.19. The van der Waals surface area contributed by atoms with Crippen molar-refractivity contribution in [3.8, 4) is 0 Å². The Morgan fingerprint density at radius 2 is 0.487 bits per heavy atom. The predicted molar refractivity (Wildman–Crippen MR) is 162 cm³/mol. The van der Waals surface area contributed by atoms with Crippen molar-refractivity contribution in [3.05, 3.63) is 170 Å². The van der Waals surface area contributed by atoms with Gasteiger partial charge in [-0.25, -0.2) is 9.80 Å². The van der Waals surface area contributed by atoms with E-state index in [0.717, 1.165) is 11.4 Å². The number of rotatable bonds is 8. The fraction of sp³-hybridized carbons (Fsp3) is 0. The zero-order valence-corrected chi connectivity index (χ0v) is 21.7. The maximum absolute atomic E-state index is 3.58. The van der Waals surface area contributed by atoms with E-state index >= 15 is 0 Å². The normalized spacial score (nSPS) is 11.0. The second-order valence-electron chi connectivity index (χ2n) is 9.49. The van der Waals surface area contributed by atoms with E-state index in [9.17, 15) is 0 Å². The SMILES string of the molecule is c1ccc([NH+](c2ccccc2)c2ccc(Nc3ccc([NH+](c4ccccc4)c4ccccc4)cc3)cc2)cc1. The number of hydrogen-bond donors (Lipinski definition) is 3. The maximum Gasteiger partial charge on any atom is 0.141 e. The molecule has 3 heteroatoms. The zero-order valence-electron chi connectivity index (χ0n) is 21.7. The van der Waals surface area contributed by atoms with E-state index in [1.165, 1.54) is 43.9 Å². The molecule has 0 aliphatic carbocycles. The first-order valence-corrected chi connectivity index (χ1v) is 13.3. The summed E-state index contributed by atoms with van der Waals surface area (Å²) in [5.74, 6) is 0. The predicted octanol–water partition coefficient (Wildman–Crippen LogP) is 7.79. The molecule has 0 aliphatic heterocycles. The molecule has 0 atom stereocenters. The van der Waals surface area contributed by atoms with Crippen molar-refractivity contribution in [2.45, 2.75) is 0 Å². The molecular weight excluding hydrogens is 474 g/mol. The minimum absolute atomic E-state index is 1.06. The molecule has 0 aliphatic rings. The van der Waals surface area contributed by atoms with Crippen molar-refractivity contribution < 1.29 is 9.80 Å². The van der Waals surface area contributed by atoms with Crippen LogP contribution in [0.5, 0.6) is 0 Å². The first-order valence-electron chi connectivity index (χ1n) is 13.3. The smallest absolute Gasteiger partial charge is 0.141 e. The number of hydrogen-bond acceptors (Lipinski definition) is 1. The van der Waals surface area contributed by atoms with E-state index in [2.05, 4.69) is 175 Å². The number of nitrogens with one attached hydrogen (secondary N) is 3. The summed E-state index contributed by atoms with van der Waals surface area (Å²) in [6.07, 6.45) is 0. The molecule has 188 valence electrons. The Morgan fingerprint density at radius 3 is 0.744 bits per heavy atom. The van der Waals surface area contributed by atoms with E-state index in [0.29, 0.717) is 0 Å². The van der Waals surface area contributed by atoms with Crippen LogP contribution in [0.2, 0.25) is 0 Å². The fourth-order valence-corrected chi connectivity index (χ4v) is 5.03. The standard InChI is InChI=1S/C36H29N3/c1-5-13-31(14-6-1)38(32-15-7-2-8-16-32)35-25-21-29(22-26-35)37-30-23-27-36(28-24-30)39(33-17-9-3-10-18-33)34-19-11-4-12-20-34/h1-28,37H/p+2. The van der Waals surface area contributed by atoms with E-state index in [4.69, 9.17) is 0 Å². The van der Waals surface area contributed by atoms with Crippen molar-refractivity contribution in [1.29, 1.82) is 0 Å². The second-order valence-corrected chi connectivity index (χ2v) is 9.49. The number of benzene rings is 6. The number of para-hydroxylation sites is 4. The molecule has 0 radical (unpaired) electrons. The van der Waals surface area contributed by atoms with Crippen LogP contribution in [0.4, 0.5) is 45.5 Å². The molecule has 0 bridgehead atoms. The van der Waals surface area contributed by atoms with Crippen molar-refractivity contribution >= 4 is 45.5 Å². The summed E-state index contributed by atoms with van der Waals surface area (Å²) in [6, 6.07) is 59.8. The minimum atomic E-state index is 1.06. The van der Waals surface area contributed by atoms with Gasteiger partial charge in [-0.05, 0) is 72.8 Å². The van der Waals surface area contributed by atoms with Gasteiger partial charge in [-0.15, -0.1) is 0 Å². The van der Waals surface area contributed by atoms with E-state index in [1.54, 1.807) is 0 Å². The second kappa shape index (κ2) is 11.6. The van der Waals surface area contributed by atoms with E-state index < -0.39 is 0 Å². The van der Waals surface area contributed by atoms with Gasteiger partial charge in [-0.2, -0.15) is 0 Å². The van der Waals surface area contributed by atoms with Crippen LogP contribution in [-0.2, 0) is 0 Å². The van der Waals surface area contributed by atoms with Crippen LogP contribution in [0, 0.1) is 0 Å². The molecule has 6 aromatic carbocycles. The fourth-order valence-electron chi connectivity index (χ4n) is 5.03. The average Bonchev–Trinajstić information content (AvgIpc) is 3.01. The molecule has 0 saturated heterocycles. The summed E-state index contributed by atoms with van der Waals surface area (Å²) in [5, 5.41) is 3.58. The highest BCUT2D eigenvalue weighted by atomic mass is 15.1. The monoisotopic (exact) mass is 505 g/mol. The summed E-state index contributed by atoms with van der Waals surface area (Å²) in [6.45, 7) is 0. The van der Waals surface area contributed by atoms with Crippen LogP contribution in [0.25, 0.3) is 0 Å². The van der Waals surface area contributed by atoms with Gasteiger partial charge in [0.25, 0.3) is 0 Å². The van der Waals surface area contributed by atoms with Gasteiger partial charge in [0.1, 0.15) is 34.1 Å². The van der Waals surface area contributed by atoms with Gasteiger partial charge in [0.15, 0.2) is 0 Å². The Kier molecular flexibility index (Phi) is 7.26. The summed E-state index contributed by atoms with van der Waals surface area (Å²) >= 11 is 0. The molecule has 0 fully saturated rings. The highest BCUT2D eigenvalue weighted by Crippen LogP contribution is 2.22. The third kappa shape index (κ3) is 5.65. The molecule has 39 heavy (non-hydrogen) atoms.